The summed E-state index contributed by atoms with van der Waals surface area (Å²) < 4.78 is 0.732. The Balaban J connectivity index is 2.00. The zero-order valence-corrected chi connectivity index (χ0v) is 14.8. The molecule has 1 aromatic carbocycles. The summed E-state index contributed by atoms with van der Waals surface area (Å²) in [7, 11) is 0. The maximum Gasteiger partial charge on any atom is 0.253 e. The number of piperazine rings is 1. The van der Waals surface area contributed by atoms with Gasteiger partial charge in [-0.2, -0.15) is 0 Å². The number of nitrogens with two attached hydrogens (primary N) is 1. The summed E-state index contributed by atoms with van der Waals surface area (Å²) in [5, 5.41) is 0.599. The molecule has 1 saturated heterocycles. The van der Waals surface area contributed by atoms with Crippen molar-refractivity contribution in [1.82, 2.24) is 9.80 Å². The molecule has 1 heterocycles. The third-order valence-electron chi connectivity index (χ3n) is 3.73. The molecule has 2 N–H and O–H groups in total. The van der Waals surface area contributed by atoms with Gasteiger partial charge in [0.05, 0.1) is 16.1 Å². The first kappa shape index (κ1) is 16.7. The van der Waals surface area contributed by atoms with E-state index >= 15 is 0 Å². The first-order valence-electron chi connectivity index (χ1n) is 6.68. The van der Waals surface area contributed by atoms with Crippen molar-refractivity contribution in [2.45, 2.75) is 13.0 Å². The van der Waals surface area contributed by atoms with E-state index in [1.54, 1.807) is 18.2 Å². The Hall–Kier alpha value is -0.690. The summed E-state index contributed by atoms with van der Waals surface area (Å²) >= 11 is 14.3. The van der Waals surface area contributed by atoms with Crippen molar-refractivity contribution in [1.29, 1.82) is 0 Å². The molecule has 1 atom stereocenters. The van der Waals surface area contributed by atoms with E-state index in [2.05, 4.69) is 20.8 Å². The molecule has 21 heavy (non-hydrogen) atoms. The second-order valence-corrected chi connectivity index (χ2v) is 6.77. The molecular formula is C14H17BrClN3OS. The number of thiocarbonyl (C=S) groups is 1. The van der Waals surface area contributed by atoms with Crippen LogP contribution in [0.2, 0.25) is 5.02 Å². The van der Waals surface area contributed by atoms with Gasteiger partial charge in [-0.25, -0.2) is 0 Å². The molecule has 0 radical (unpaired) electrons. The van der Waals surface area contributed by atoms with Crippen LogP contribution in [0.3, 0.4) is 0 Å². The van der Waals surface area contributed by atoms with E-state index in [9.17, 15) is 4.79 Å². The van der Waals surface area contributed by atoms with Crippen molar-refractivity contribution in [2.24, 2.45) is 5.73 Å². The van der Waals surface area contributed by atoms with E-state index in [1.807, 2.05) is 11.8 Å². The van der Waals surface area contributed by atoms with Crippen molar-refractivity contribution in [3.05, 3.63) is 33.3 Å². The smallest absolute Gasteiger partial charge is 0.253 e. The van der Waals surface area contributed by atoms with Crippen LogP contribution >= 0.6 is 39.7 Å². The van der Waals surface area contributed by atoms with Crippen LogP contribution in [0.25, 0.3) is 0 Å². The fourth-order valence-electron chi connectivity index (χ4n) is 2.30. The predicted molar refractivity (Wildman–Crippen MR) is 92.9 cm³/mol. The van der Waals surface area contributed by atoms with Crippen molar-refractivity contribution >= 4 is 50.6 Å². The molecule has 1 fully saturated rings. The van der Waals surface area contributed by atoms with Crippen LogP contribution < -0.4 is 5.73 Å². The number of nitrogens with zero attached hydrogens (tertiary/aromatic N) is 2. The van der Waals surface area contributed by atoms with Crippen LogP contribution in [-0.2, 0) is 0 Å². The minimum atomic E-state index is 0.0231. The first-order valence-corrected chi connectivity index (χ1v) is 8.25. The average Bonchev–Trinajstić information content (AvgIpc) is 2.48. The molecular weight excluding hydrogens is 374 g/mol. The molecule has 1 aliphatic heterocycles. The first-order chi connectivity index (χ1) is 9.90. The maximum absolute atomic E-state index is 12.5. The molecule has 0 bridgehead atoms. The summed E-state index contributed by atoms with van der Waals surface area (Å²) in [6.07, 6.45) is 0. The number of carbonyl (C=O) groups is 1. The van der Waals surface area contributed by atoms with Gasteiger partial charge in [0.2, 0.25) is 0 Å². The van der Waals surface area contributed by atoms with E-state index in [4.69, 9.17) is 29.6 Å². The van der Waals surface area contributed by atoms with Gasteiger partial charge in [0, 0.05) is 36.2 Å². The van der Waals surface area contributed by atoms with E-state index in [-0.39, 0.29) is 11.9 Å². The van der Waals surface area contributed by atoms with Crippen LogP contribution in [0.1, 0.15) is 17.3 Å². The van der Waals surface area contributed by atoms with Crippen LogP contribution in [0.5, 0.6) is 0 Å². The second kappa shape index (κ2) is 7.05. The number of benzene rings is 1. The van der Waals surface area contributed by atoms with Gasteiger partial charge in [0.1, 0.15) is 0 Å². The van der Waals surface area contributed by atoms with E-state index in [0.717, 1.165) is 17.6 Å². The number of amides is 1. The highest BCUT2D eigenvalue weighted by Crippen LogP contribution is 2.24. The maximum atomic E-state index is 12.5. The van der Waals surface area contributed by atoms with Gasteiger partial charge in [-0.1, -0.05) is 23.8 Å². The van der Waals surface area contributed by atoms with Crippen LogP contribution in [0, 0.1) is 0 Å². The van der Waals surface area contributed by atoms with Crippen molar-refractivity contribution in [2.75, 3.05) is 26.2 Å². The van der Waals surface area contributed by atoms with Gasteiger partial charge in [0.25, 0.3) is 5.91 Å². The summed E-state index contributed by atoms with van der Waals surface area (Å²) in [4.78, 5) is 17.0. The van der Waals surface area contributed by atoms with Crippen LogP contribution in [-0.4, -0.2) is 52.9 Å². The standard InChI is InChI=1S/C14H17BrClN3OS/c1-9(13(17)21)18-4-6-19(7-5-18)14(20)10-2-3-12(16)11(15)8-10/h2-3,8-9H,4-7H2,1H3,(H2,17,21). The van der Waals surface area contributed by atoms with Gasteiger partial charge in [-0.3, -0.25) is 9.69 Å². The quantitative estimate of drug-likeness (QED) is 0.806. The molecule has 114 valence electrons. The minimum Gasteiger partial charge on any atom is -0.392 e. The molecule has 1 aliphatic rings. The Labute approximate surface area is 143 Å². The van der Waals surface area contributed by atoms with E-state index in [0.29, 0.717) is 28.7 Å². The van der Waals surface area contributed by atoms with Crippen molar-refractivity contribution in [3.63, 3.8) is 0 Å². The number of carbonyl (C=O) groups excluding carboxylic acids is 1. The van der Waals surface area contributed by atoms with E-state index < -0.39 is 0 Å². The molecule has 7 heteroatoms. The zero-order valence-electron chi connectivity index (χ0n) is 11.7. The molecule has 0 spiro atoms. The number of hydrogen-bond donors (Lipinski definition) is 1. The Morgan fingerprint density at radius 3 is 2.52 bits per heavy atom. The Morgan fingerprint density at radius 2 is 2.00 bits per heavy atom. The SMILES string of the molecule is CC(C(N)=S)N1CCN(C(=O)c2ccc(Cl)c(Br)c2)CC1. The molecule has 2 rings (SSSR count). The molecule has 4 nitrogen and oxygen atoms in total. The van der Waals surface area contributed by atoms with Crippen LogP contribution in [0.4, 0.5) is 0 Å². The average molecular weight is 391 g/mol. The summed E-state index contributed by atoms with van der Waals surface area (Å²) in [5.41, 5.74) is 6.32. The van der Waals surface area contributed by atoms with Gasteiger partial charge in [0.15, 0.2) is 0 Å². The van der Waals surface area contributed by atoms with Gasteiger partial charge >= 0.3 is 0 Å². The Morgan fingerprint density at radius 1 is 1.38 bits per heavy atom. The summed E-state index contributed by atoms with van der Waals surface area (Å²) in [6.45, 7) is 4.90. The van der Waals surface area contributed by atoms with E-state index in [1.165, 1.54) is 0 Å². The number of rotatable bonds is 3. The molecule has 1 aromatic rings. The highest BCUT2D eigenvalue weighted by Gasteiger charge is 2.25. The normalized spacial score (nSPS) is 17.6. The lowest BCUT2D eigenvalue weighted by Gasteiger charge is -2.37. The summed E-state index contributed by atoms with van der Waals surface area (Å²) in [6, 6.07) is 5.31. The highest BCUT2D eigenvalue weighted by atomic mass is 79.9. The molecule has 1 amide bonds. The minimum absolute atomic E-state index is 0.0231. The molecule has 0 aromatic heterocycles. The highest BCUT2D eigenvalue weighted by molar-refractivity contribution is 9.10. The molecule has 1 unspecified atom stereocenters. The number of halogens is 2. The Kier molecular flexibility index (Phi) is 5.60. The van der Waals surface area contributed by atoms with Crippen molar-refractivity contribution < 1.29 is 4.79 Å². The van der Waals surface area contributed by atoms with Gasteiger partial charge in [-0.05, 0) is 41.1 Å². The lowest BCUT2D eigenvalue weighted by molar-refractivity contribution is 0.0621. The van der Waals surface area contributed by atoms with Gasteiger partial charge < -0.3 is 10.6 Å². The zero-order chi connectivity index (χ0) is 15.6. The third kappa shape index (κ3) is 3.94. The monoisotopic (exact) mass is 389 g/mol. The fraction of sp³-hybridized carbons (Fsp3) is 0.429. The van der Waals surface area contributed by atoms with Crippen molar-refractivity contribution in [3.8, 4) is 0 Å². The second-order valence-electron chi connectivity index (χ2n) is 5.04. The largest absolute Gasteiger partial charge is 0.392 e. The predicted octanol–water partition coefficient (Wildman–Crippen LogP) is 2.53. The topological polar surface area (TPSA) is 49.6 Å². The fourth-order valence-corrected chi connectivity index (χ4v) is 2.95. The summed E-state index contributed by atoms with van der Waals surface area (Å²) in [5.74, 6) is 0.0231. The lowest BCUT2D eigenvalue weighted by Crippen LogP contribution is -2.53. The Bertz CT molecular complexity index is 561. The lowest BCUT2D eigenvalue weighted by atomic mass is 10.1. The van der Waals surface area contributed by atoms with Crippen LogP contribution in [0.15, 0.2) is 22.7 Å². The van der Waals surface area contributed by atoms with Gasteiger partial charge in [-0.15, -0.1) is 0 Å². The molecule has 0 saturated carbocycles. The molecule has 0 aliphatic carbocycles. The third-order valence-corrected chi connectivity index (χ3v) is 5.28. The number of hydrogen-bond acceptors (Lipinski definition) is 3.